The molecule has 1 heterocycles. The van der Waals surface area contributed by atoms with Gasteiger partial charge in [0.2, 0.25) is 0 Å². The minimum Gasteiger partial charge on any atom is -0.366 e. The third-order valence-electron chi connectivity index (χ3n) is 4.00. The minimum absolute atomic E-state index is 0.356. The Bertz CT molecular complexity index is 492. The molecule has 1 aromatic rings. The van der Waals surface area contributed by atoms with Crippen LogP contribution in [0.1, 0.15) is 37.0 Å². The van der Waals surface area contributed by atoms with Gasteiger partial charge in [0.05, 0.1) is 11.3 Å². The van der Waals surface area contributed by atoms with Crippen LogP contribution in [0.15, 0.2) is 18.2 Å². The number of carbonyl (C=O) groups is 1. The molecule has 0 aliphatic carbocycles. The summed E-state index contributed by atoms with van der Waals surface area (Å²) in [6.45, 7) is 6.10. The number of hydrogen-bond donors (Lipinski definition) is 2. The number of primary amides is 1. The summed E-state index contributed by atoms with van der Waals surface area (Å²) >= 11 is 6.11. The largest absolute Gasteiger partial charge is 0.366 e. The van der Waals surface area contributed by atoms with Gasteiger partial charge in [-0.15, -0.1) is 0 Å². The van der Waals surface area contributed by atoms with Crippen molar-refractivity contribution in [1.82, 2.24) is 5.32 Å². The van der Waals surface area contributed by atoms with Crippen molar-refractivity contribution >= 4 is 23.2 Å². The van der Waals surface area contributed by atoms with Crippen LogP contribution in [-0.2, 0) is 0 Å². The van der Waals surface area contributed by atoms with Crippen LogP contribution in [0.5, 0.6) is 0 Å². The average Bonchev–Trinajstić information content (AvgIpc) is 2.46. The number of anilines is 1. The van der Waals surface area contributed by atoms with Gasteiger partial charge in [-0.25, -0.2) is 0 Å². The van der Waals surface area contributed by atoms with E-state index in [1.807, 2.05) is 6.07 Å². The lowest BCUT2D eigenvalue weighted by molar-refractivity contribution is 0.100. The fourth-order valence-electron chi connectivity index (χ4n) is 2.75. The summed E-state index contributed by atoms with van der Waals surface area (Å²) in [7, 11) is 0. The molecule has 4 nitrogen and oxygen atoms in total. The topological polar surface area (TPSA) is 58.4 Å². The van der Waals surface area contributed by atoms with E-state index in [0.717, 1.165) is 31.6 Å². The number of nitrogens with zero attached hydrogens (tertiary/aromatic N) is 1. The highest BCUT2D eigenvalue weighted by molar-refractivity contribution is 6.31. The molecule has 5 heteroatoms. The monoisotopic (exact) mass is 295 g/mol. The van der Waals surface area contributed by atoms with Crippen LogP contribution < -0.4 is 16.0 Å². The summed E-state index contributed by atoms with van der Waals surface area (Å²) in [5, 5.41) is 4.17. The van der Waals surface area contributed by atoms with Crippen LogP contribution in [-0.4, -0.2) is 31.1 Å². The maximum absolute atomic E-state index is 11.7. The smallest absolute Gasteiger partial charge is 0.250 e. The van der Waals surface area contributed by atoms with E-state index in [4.69, 9.17) is 17.3 Å². The molecule has 1 aliphatic rings. The molecule has 0 bridgehead atoms. The van der Waals surface area contributed by atoms with Crippen molar-refractivity contribution in [2.75, 3.05) is 18.0 Å². The van der Waals surface area contributed by atoms with Gasteiger partial charge in [-0.1, -0.05) is 25.4 Å². The van der Waals surface area contributed by atoms with Crippen molar-refractivity contribution in [2.45, 2.75) is 38.8 Å². The summed E-state index contributed by atoms with van der Waals surface area (Å²) in [5.41, 5.74) is 6.91. The Morgan fingerprint density at radius 2 is 2.20 bits per heavy atom. The van der Waals surface area contributed by atoms with Gasteiger partial charge in [0, 0.05) is 30.2 Å². The average molecular weight is 296 g/mol. The first-order chi connectivity index (χ1) is 9.56. The number of amides is 1. The third-order valence-corrected chi connectivity index (χ3v) is 4.23. The number of halogens is 1. The molecule has 1 aromatic carbocycles. The maximum atomic E-state index is 11.7. The van der Waals surface area contributed by atoms with Crippen molar-refractivity contribution in [3.05, 3.63) is 28.8 Å². The van der Waals surface area contributed by atoms with E-state index in [0.29, 0.717) is 22.7 Å². The Balaban J connectivity index is 2.40. The SMILES string of the molecule is CCC1CN(c2cc(Cl)ccc2C(N)=O)C(CC)CN1. The molecule has 1 amide bonds. The van der Waals surface area contributed by atoms with Crippen LogP contribution in [0.2, 0.25) is 5.02 Å². The molecule has 0 radical (unpaired) electrons. The number of piperazine rings is 1. The summed E-state index contributed by atoms with van der Waals surface area (Å²) in [5.74, 6) is -0.405. The Morgan fingerprint density at radius 1 is 1.45 bits per heavy atom. The van der Waals surface area contributed by atoms with E-state index in [1.54, 1.807) is 12.1 Å². The Labute approximate surface area is 125 Å². The molecule has 1 saturated heterocycles. The summed E-state index contributed by atoms with van der Waals surface area (Å²) < 4.78 is 0. The molecule has 0 aromatic heterocycles. The van der Waals surface area contributed by atoms with E-state index in [-0.39, 0.29) is 0 Å². The molecule has 2 rings (SSSR count). The van der Waals surface area contributed by atoms with Gasteiger partial charge in [-0.3, -0.25) is 4.79 Å². The van der Waals surface area contributed by atoms with Crippen LogP contribution in [0.4, 0.5) is 5.69 Å². The second-order valence-electron chi connectivity index (χ2n) is 5.25. The molecule has 1 aliphatic heterocycles. The summed E-state index contributed by atoms with van der Waals surface area (Å²) in [6.07, 6.45) is 2.06. The molecule has 110 valence electrons. The van der Waals surface area contributed by atoms with E-state index >= 15 is 0 Å². The normalized spacial score (nSPS) is 22.9. The molecule has 0 spiro atoms. The lowest BCUT2D eigenvalue weighted by Gasteiger charge is -2.42. The maximum Gasteiger partial charge on any atom is 0.250 e. The predicted octanol–water partition coefficient (Wildman–Crippen LogP) is 2.41. The third kappa shape index (κ3) is 3.07. The van der Waals surface area contributed by atoms with E-state index in [9.17, 15) is 4.79 Å². The van der Waals surface area contributed by atoms with E-state index in [1.165, 1.54) is 0 Å². The Morgan fingerprint density at radius 3 is 2.80 bits per heavy atom. The van der Waals surface area contributed by atoms with Gasteiger partial charge >= 0.3 is 0 Å². The predicted molar refractivity (Wildman–Crippen MR) is 83.5 cm³/mol. The first-order valence-electron chi connectivity index (χ1n) is 7.16. The second-order valence-corrected chi connectivity index (χ2v) is 5.69. The molecule has 20 heavy (non-hydrogen) atoms. The zero-order chi connectivity index (χ0) is 14.7. The fourth-order valence-corrected chi connectivity index (χ4v) is 2.91. The lowest BCUT2D eigenvalue weighted by Crippen LogP contribution is -2.56. The van der Waals surface area contributed by atoms with E-state index in [2.05, 4.69) is 24.1 Å². The molecule has 2 atom stereocenters. The first kappa shape index (κ1) is 15.1. The highest BCUT2D eigenvalue weighted by Crippen LogP contribution is 2.29. The second kappa shape index (κ2) is 6.46. The van der Waals surface area contributed by atoms with Crippen LogP contribution in [0, 0.1) is 0 Å². The minimum atomic E-state index is -0.405. The Kier molecular flexibility index (Phi) is 4.89. The van der Waals surface area contributed by atoms with Gasteiger partial charge in [-0.2, -0.15) is 0 Å². The number of hydrogen-bond acceptors (Lipinski definition) is 3. The van der Waals surface area contributed by atoms with Crippen LogP contribution >= 0.6 is 11.6 Å². The van der Waals surface area contributed by atoms with Gasteiger partial charge in [0.1, 0.15) is 0 Å². The van der Waals surface area contributed by atoms with Crippen molar-refractivity contribution in [3.63, 3.8) is 0 Å². The van der Waals surface area contributed by atoms with Crippen molar-refractivity contribution in [2.24, 2.45) is 5.73 Å². The van der Waals surface area contributed by atoms with Crippen LogP contribution in [0.3, 0.4) is 0 Å². The van der Waals surface area contributed by atoms with Gasteiger partial charge in [0.15, 0.2) is 0 Å². The standard InChI is InChI=1S/C15H22ClN3O/c1-3-11-9-19(12(4-2)8-18-11)14-7-10(16)5-6-13(14)15(17)20/h5-7,11-12,18H,3-4,8-9H2,1-2H3,(H2,17,20). The molecule has 2 unspecified atom stereocenters. The molecular weight excluding hydrogens is 274 g/mol. The van der Waals surface area contributed by atoms with Gasteiger partial charge in [0.25, 0.3) is 5.91 Å². The first-order valence-corrected chi connectivity index (χ1v) is 7.54. The molecule has 1 fully saturated rings. The fraction of sp³-hybridized carbons (Fsp3) is 0.533. The molecular formula is C15H22ClN3O. The molecule has 3 N–H and O–H groups in total. The zero-order valence-corrected chi connectivity index (χ0v) is 12.8. The highest BCUT2D eigenvalue weighted by atomic mass is 35.5. The number of nitrogens with one attached hydrogen (secondary N) is 1. The number of rotatable bonds is 4. The van der Waals surface area contributed by atoms with Crippen molar-refractivity contribution in [1.29, 1.82) is 0 Å². The highest BCUT2D eigenvalue weighted by Gasteiger charge is 2.28. The Hall–Kier alpha value is -1.26. The van der Waals surface area contributed by atoms with Crippen molar-refractivity contribution < 1.29 is 4.79 Å². The molecule has 0 saturated carbocycles. The van der Waals surface area contributed by atoms with E-state index < -0.39 is 5.91 Å². The van der Waals surface area contributed by atoms with Gasteiger partial charge in [-0.05, 0) is 31.0 Å². The van der Waals surface area contributed by atoms with Gasteiger partial charge < -0.3 is 16.0 Å². The van der Waals surface area contributed by atoms with Crippen molar-refractivity contribution in [3.8, 4) is 0 Å². The number of nitrogens with two attached hydrogens (primary N) is 1. The summed E-state index contributed by atoms with van der Waals surface area (Å²) in [6, 6.07) is 6.07. The zero-order valence-electron chi connectivity index (χ0n) is 12.0. The number of benzene rings is 1. The summed E-state index contributed by atoms with van der Waals surface area (Å²) in [4.78, 5) is 13.9. The van der Waals surface area contributed by atoms with Crippen LogP contribution in [0.25, 0.3) is 0 Å². The number of carbonyl (C=O) groups excluding carboxylic acids is 1. The quantitative estimate of drug-likeness (QED) is 0.897. The lowest BCUT2D eigenvalue weighted by atomic mass is 10.0.